The molecule has 68 valence electrons. The summed E-state index contributed by atoms with van der Waals surface area (Å²) in [6, 6.07) is 0. The summed E-state index contributed by atoms with van der Waals surface area (Å²) < 4.78 is 0. The number of nitrogens with zero attached hydrogens (tertiary/aromatic N) is 1. The summed E-state index contributed by atoms with van der Waals surface area (Å²) in [6.07, 6.45) is 7.05. The Kier molecular flexibility index (Phi) is 4.34. The molecule has 2 N–H and O–H groups in total. The van der Waals surface area contributed by atoms with Crippen LogP contribution in [0, 0.1) is 5.41 Å². The highest BCUT2D eigenvalue weighted by Gasteiger charge is 2.12. The predicted molar refractivity (Wildman–Crippen MR) is 55.0 cm³/mol. The average Bonchev–Trinajstić information content (AvgIpc) is 1.95. The molecule has 12 heavy (non-hydrogen) atoms. The Morgan fingerprint density at radius 1 is 1.33 bits per heavy atom. The normalized spacial score (nSPS) is 14.8. The van der Waals surface area contributed by atoms with Crippen LogP contribution in [0.4, 0.5) is 0 Å². The second-order valence-corrected chi connectivity index (χ2v) is 3.61. The third-order valence-corrected chi connectivity index (χ3v) is 1.60. The molecule has 0 bridgehead atoms. The van der Waals surface area contributed by atoms with Crippen molar-refractivity contribution in [2.75, 3.05) is 0 Å². The van der Waals surface area contributed by atoms with E-state index in [1.54, 1.807) is 6.20 Å². The molecule has 0 aromatic rings. The molecule has 2 nitrogen and oxygen atoms in total. The van der Waals surface area contributed by atoms with E-state index in [4.69, 9.17) is 5.73 Å². The van der Waals surface area contributed by atoms with E-state index in [0.717, 1.165) is 0 Å². The molecule has 0 heterocycles. The van der Waals surface area contributed by atoms with Gasteiger partial charge in [0.25, 0.3) is 0 Å². The van der Waals surface area contributed by atoms with Crippen molar-refractivity contribution in [3.8, 4) is 0 Å². The van der Waals surface area contributed by atoms with Crippen LogP contribution in [0.2, 0.25) is 0 Å². The molecular formula is C10H18N2. The minimum Gasteiger partial charge on any atom is -0.390 e. The quantitative estimate of drug-likeness (QED) is 0.382. The number of hydrogen-bond acceptors (Lipinski definition) is 1. The van der Waals surface area contributed by atoms with E-state index in [1.165, 1.54) is 11.9 Å². The zero-order chi connectivity index (χ0) is 9.61. The van der Waals surface area contributed by atoms with Gasteiger partial charge in [-0.25, -0.2) is 4.99 Å². The second kappa shape index (κ2) is 4.75. The lowest BCUT2D eigenvalue weighted by molar-refractivity contribution is 0.516. The molecule has 0 amide bonds. The number of nitrogens with two attached hydrogens (primary N) is 1. The molecule has 0 spiro atoms. The molecule has 0 saturated carbocycles. The first kappa shape index (κ1) is 11.0. The lowest BCUT2D eigenvalue weighted by atomic mass is 9.86. The van der Waals surface area contributed by atoms with Crippen LogP contribution in [0.15, 0.2) is 28.9 Å². The highest BCUT2D eigenvalue weighted by Crippen LogP contribution is 2.25. The molecular weight excluding hydrogens is 148 g/mol. The first-order valence-electron chi connectivity index (χ1n) is 4.09. The lowest BCUT2D eigenvalue weighted by Gasteiger charge is -2.19. The van der Waals surface area contributed by atoms with E-state index in [0.29, 0.717) is 0 Å². The van der Waals surface area contributed by atoms with Gasteiger partial charge < -0.3 is 5.73 Å². The summed E-state index contributed by atoms with van der Waals surface area (Å²) in [6.45, 7) is 8.52. The smallest absolute Gasteiger partial charge is 0.0852 e. The van der Waals surface area contributed by atoms with Crippen LogP contribution in [-0.2, 0) is 0 Å². The van der Waals surface area contributed by atoms with E-state index < -0.39 is 0 Å². The van der Waals surface area contributed by atoms with E-state index >= 15 is 0 Å². The van der Waals surface area contributed by atoms with Crippen molar-refractivity contribution < 1.29 is 0 Å². The molecule has 2 heteroatoms. The van der Waals surface area contributed by atoms with Gasteiger partial charge in [0, 0.05) is 6.20 Å². The number of allylic oxidation sites excluding steroid dienone is 3. The van der Waals surface area contributed by atoms with Gasteiger partial charge in [-0.1, -0.05) is 26.8 Å². The molecule has 0 fully saturated rings. The number of hydrogen-bond donors (Lipinski definition) is 1. The van der Waals surface area contributed by atoms with Gasteiger partial charge in [0.05, 0.1) is 6.34 Å². The molecule has 0 aromatic carbocycles. The SMILES string of the molecule is C/C=C(\C=C/N=CN)C(C)(C)C. The minimum atomic E-state index is 0.176. The Labute approximate surface area is 74.9 Å². The summed E-state index contributed by atoms with van der Waals surface area (Å²) in [5.74, 6) is 0. The molecule has 0 aromatic heterocycles. The zero-order valence-electron chi connectivity index (χ0n) is 8.33. The lowest BCUT2D eigenvalue weighted by Crippen LogP contribution is -2.06. The molecule has 0 unspecified atom stereocenters. The van der Waals surface area contributed by atoms with Crippen molar-refractivity contribution in [1.82, 2.24) is 0 Å². The molecule has 0 aliphatic rings. The summed E-state index contributed by atoms with van der Waals surface area (Å²) >= 11 is 0. The molecule has 0 radical (unpaired) electrons. The van der Waals surface area contributed by atoms with E-state index in [9.17, 15) is 0 Å². The van der Waals surface area contributed by atoms with E-state index in [2.05, 4.69) is 31.8 Å². The molecule has 0 aliphatic heterocycles. The van der Waals surface area contributed by atoms with Gasteiger partial charge in [-0.15, -0.1) is 0 Å². The van der Waals surface area contributed by atoms with Gasteiger partial charge in [-0.2, -0.15) is 0 Å². The first-order valence-corrected chi connectivity index (χ1v) is 4.09. The van der Waals surface area contributed by atoms with Crippen LogP contribution >= 0.6 is 0 Å². The maximum absolute atomic E-state index is 5.10. The van der Waals surface area contributed by atoms with E-state index in [-0.39, 0.29) is 5.41 Å². The van der Waals surface area contributed by atoms with Gasteiger partial charge in [0.1, 0.15) is 0 Å². The van der Waals surface area contributed by atoms with Crippen LogP contribution < -0.4 is 5.73 Å². The topological polar surface area (TPSA) is 38.4 Å². The molecule has 0 atom stereocenters. The standard InChI is InChI=1S/C10H18N2/c1-5-9(10(2,3)4)6-7-12-8-11/h5-8H,1-4H3,(H2,11,12)/b7-6-,9-5+. The molecule has 0 rings (SSSR count). The highest BCUT2D eigenvalue weighted by molar-refractivity contribution is 5.52. The zero-order valence-corrected chi connectivity index (χ0v) is 8.33. The molecule has 0 saturated heterocycles. The Morgan fingerprint density at radius 2 is 1.92 bits per heavy atom. The fourth-order valence-electron chi connectivity index (χ4n) is 0.952. The predicted octanol–water partition coefficient (Wildman–Crippen LogP) is 2.48. The van der Waals surface area contributed by atoms with Crippen molar-refractivity contribution in [2.24, 2.45) is 16.1 Å². The average molecular weight is 166 g/mol. The number of rotatable bonds is 2. The maximum atomic E-state index is 5.10. The van der Waals surface area contributed by atoms with Crippen molar-refractivity contribution in [2.45, 2.75) is 27.7 Å². The highest BCUT2D eigenvalue weighted by atomic mass is 14.8. The third kappa shape index (κ3) is 3.96. The minimum absolute atomic E-state index is 0.176. The van der Waals surface area contributed by atoms with Crippen LogP contribution in [0.1, 0.15) is 27.7 Å². The van der Waals surface area contributed by atoms with Gasteiger partial charge in [-0.3, -0.25) is 0 Å². The Bertz CT molecular complexity index is 204. The Balaban J connectivity index is 4.41. The maximum Gasteiger partial charge on any atom is 0.0852 e. The number of aliphatic imine (C=N–C) groups is 1. The van der Waals surface area contributed by atoms with Crippen molar-refractivity contribution in [1.29, 1.82) is 0 Å². The second-order valence-electron chi connectivity index (χ2n) is 3.61. The van der Waals surface area contributed by atoms with Crippen molar-refractivity contribution >= 4 is 6.34 Å². The third-order valence-electron chi connectivity index (χ3n) is 1.60. The Morgan fingerprint density at radius 3 is 2.25 bits per heavy atom. The van der Waals surface area contributed by atoms with Crippen molar-refractivity contribution in [3.05, 3.63) is 23.9 Å². The summed E-state index contributed by atoms with van der Waals surface area (Å²) in [5, 5.41) is 0. The fraction of sp³-hybridized carbons (Fsp3) is 0.500. The van der Waals surface area contributed by atoms with Gasteiger partial charge >= 0.3 is 0 Å². The summed E-state index contributed by atoms with van der Waals surface area (Å²) in [4.78, 5) is 3.80. The van der Waals surface area contributed by atoms with Crippen LogP contribution in [0.3, 0.4) is 0 Å². The Hall–Kier alpha value is -1.05. The fourth-order valence-corrected chi connectivity index (χ4v) is 0.952. The molecule has 0 aliphatic carbocycles. The van der Waals surface area contributed by atoms with Gasteiger partial charge in [0.2, 0.25) is 0 Å². The summed E-state index contributed by atoms with van der Waals surface area (Å²) in [5.41, 5.74) is 6.54. The summed E-state index contributed by atoms with van der Waals surface area (Å²) in [7, 11) is 0. The van der Waals surface area contributed by atoms with E-state index in [1.807, 2.05) is 13.0 Å². The van der Waals surface area contributed by atoms with Gasteiger partial charge in [0.15, 0.2) is 0 Å². The monoisotopic (exact) mass is 166 g/mol. The van der Waals surface area contributed by atoms with Gasteiger partial charge in [-0.05, 0) is 24.0 Å². The van der Waals surface area contributed by atoms with Crippen LogP contribution in [0.25, 0.3) is 0 Å². The largest absolute Gasteiger partial charge is 0.390 e. The van der Waals surface area contributed by atoms with Crippen LogP contribution in [0.5, 0.6) is 0 Å². The first-order chi connectivity index (χ1) is 5.52. The van der Waals surface area contributed by atoms with Crippen LogP contribution in [-0.4, -0.2) is 6.34 Å². The van der Waals surface area contributed by atoms with Crippen molar-refractivity contribution in [3.63, 3.8) is 0 Å².